The summed E-state index contributed by atoms with van der Waals surface area (Å²) >= 11 is 1.16. The molecule has 3 rings (SSSR count). The number of ether oxygens (including phenoxy) is 1. The lowest BCUT2D eigenvalue weighted by Gasteiger charge is -2.27. The lowest BCUT2D eigenvalue weighted by atomic mass is 10.0. The molecule has 1 unspecified atom stereocenters. The van der Waals surface area contributed by atoms with Gasteiger partial charge in [-0.1, -0.05) is 19.9 Å². The van der Waals surface area contributed by atoms with Crippen molar-refractivity contribution in [2.75, 3.05) is 13.1 Å². The van der Waals surface area contributed by atoms with Gasteiger partial charge in [-0.2, -0.15) is 4.31 Å². The molecule has 9 heteroatoms. The van der Waals surface area contributed by atoms with Gasteiger partial charge in [0.1, 0.15) is 21.9 Å². The SMILES string of the molecule is CCCN(CC(CC)Oc1ccc(CCC(=O)O)c(C)c1)S(=O)(=O)c1sc2ccc(F)cc2c1C. The molecule has 0 saturated carbocycles. The van der Waals surface area contributed by atoms with Gasteiger partial charge in [0.05, 0.1) is 6.54 Å². The maximum Gasteiger partial charge on any atom is 0.303 e. The number of rotatable bonds is 12. The number of hydrogen-bond acceptors (Lipinski definition) is 5. The predicted octanol–water partition coefficient (Wildman–Crippen LogP) is 5.93. The molecule has 6 nitrogen and oxygen atoms in total. The number of benzene rings is 2. The third-order valence-corrected chi connectivity index (χ3v) is 9.72. The van der Waals surface area contributed by atoms with Crippen LogP contribution in [0.2, 0.25) is 0 Å². The Kier molecular flexibility index (Phi) is 8.90. The average Bonchev–Trinajstić information content (AvgIpc) is 3.14. The van der Waals surface area contributed by atoms with Gasteiger partial charge in [0.25, 0.3) is 10.0 Å². The molecular weight excluding hydrogens is 489 g/mol. The Hall–Kier alpha value is -2.49. The number of sulfonamides is 1. The molecule has 0 aliphatic heterocycles. The molecule has 0 radical (unpaired) electrons. The zero-order chi connectivity index (χ0) is 25.8. The van der Waals surface area contributed by atoms with Gasteiger partial charge in [0.2, 0.25) is 0 Å². The second kappa shape index (κ2) is 11.5. The highest BCUT2D eigenvalue weighted by Crippen LogP contribution is 2.36. The Morgan fingerprint density at radius 2 is 1.91 bits per heavy atom. The molecule has 0 amide bonds. The summed E-state index contributed by atoms with van der Waals surface area (Å²) in [6.07, 6.45) is 1.39. The fourth-order valence-corrected chi connectivity index (χ4v) is 7.47. The molecule has 190 valence electrons. The van der Waals surface area contributed by atoms with Gasteiger partial charge in [0.15, 0.2) is 0 Å². The van der Waals surface area contributed by atoms with Crippen molar-refractivity contribution in [3.63, 3.8) is 0 Å². The van der Waals surface area contributed by atoms with Crippen LogP contribution in [0.1, 0.15) is 49.8 Å². The molecular formula is C26H32FNO5S2. The summed E-state index contributed by atoms with van der Waals surface area (Å²) in [5.41, 5.74) is 2.44. The Morgan fingerprint density at radius 3 is 2.54 bits per heavy atom. The first-order valence-electron chi connectivity index (χ1n) is 11.7. The van der Waals surface area contributed by atoms with Crippen LogP contribution in [0.4, 0.5) is 4.39 Å². The van der Waals surface area contributed by atoms with Gasteiger partial charge in [-0.25, -0.2) is 12.8 Å². The molecule has 0 fully saturated rings. The Balaban J connectivity index is 1.83. The van der Waals surface area contributed by atoms with Gasteiger partial charge in [-0.3, -0.25) is 4.79 Å². The van der Waals surface area contributed by atoms with Crippen LogP contribution in [0.25, 0.3) is 10.1 Å². The molecule has 1 atom stereocenters. The third-order valence-electron chi connectivity index (χ3n) is 5.99. The number of carboxylic acid groups (broad SMARTS) is 1. The van der Waals surface area contributed by atoms with Crippen LogP contribution < -0.4 is 4.74 Å². The van der Waals surface area contributed by atoms with Crippen molar-refractivity contribution in [2.45, 2.75) is 63.7 Å². The Morgan fingerprint density at radius 1 is 1.17 bits per heavy atom. The first kappa shape index (κ1) is 27.1. The van der Waals surface area contributed by atoms with E-state index in [0.717, 1.165) is 27.2 Å². The molecule has 2 aromatic carbocycles. The summed E-state index contributed by atoms with van der Waals surface area (Å²) < 4.78 is 49.7. The maximum absolute atomic E-state index is 13.8. The standard InChI is InChI=1S/C26H32FNO5S2/c1-5-13-28(35(31,32)26-18(4)23-15-20(27)9-11-24(23)34-26)16-21(6-2)33-22-10-7-19(17(3)14-22)8-12-25(29)30/h7,9-11,14-15,21H,5-6,8,12-13,16H2,1-4H3,(H,29,30). The molecule has 1 aromatic heterocycles. The minimum absolute atomic E-state index is 0.0618. The Bertz CT molecular complexity index is 1300. The number of nitrogens with zero attached hydrogens (tertiary/aromatic N) is 1. The van der Waals surface area contributed by atoms with Crippen molar-refractivity contribution in [3.8, 4) is 5.75 Å². The zero-order valence-corrected chi connectivity index (χ0v) is 22.1. The number of carbonyl (C=O) groups is 1. The maximum atomic E-state index is 13.8. The van der Waals surface area contributed by atoms with Crippen LogP contribution in [0, 0.1) is 19.7 Å². The van der Waals surface area contributed by atoms with Crippen molar-refractivity contribution >= 4 is 37.4 Å². The molecule has 0 bridgehead atoms. The number of hydrogen-bond donors (Lipinski definition) is 1. The molecule has 3 aromatic rings. The van der Waals surface area contributed by atoms with Gasteiger partial charge in [-0.15, -0.1) is 11.3 Å². The van der Waals surface area contributed by atoms with Gasteiger partial charge >= 0.3 is 5.97 Å². The van der Waals surface area contributed by atoms with Gasteiger partial charge in [-0.05, 0) is 85.5 Å². The third kappa shape index (κ3) is 6.39. The zero-order valence-electron chi connectivity index (χ0n) is 20.5. The van der Waals surface area contributed by atoms with E-state index in [0.29, 0.717) is 42.5 Å². The van der Waals surface area contributed by atoms with E-state index in [9.17, 15) is 17.6 Å². The predicted molar refractivity (Wildman–Crippen MR) is 137 cm³/mol. The highest BCUT2D eigenvalue weighted by Gasteiger charge is 2.31. The Labute approximate surface area is 210 Å². The van der Waals surface area contributed by atoms with Gasteiger partial charge in [0, 0.05) is 17.7 Å². The van der Waals surface area contributed by atoms with Crippen LogP contribution in [0.3, 0.4) is 0 Å². The van der Waals surface area contributed by atoms with Crippen molar-refractivity contribution in [1.29, 1.82) is 0 Å². The van der Waals surface area contributed by atoms with E-state index < -0.39 is 21.8 Å². The quantitative estimate of drug-likeness (QED) is 0.319. The fraction of sp³-hybridized carbons (Fsp3) is 0.423. The van der Waals surface area contributed by atoms with Crippen LogP contribution in [0.15, 0.2) is 40.6 Å². The summed E-state index contributed by atoms with van der Waals surface area (Å²) in [4.78, 5) is 10.9. The van der Waals surface area contributed by atoms with E-state index in [2.05, 4.69) is 0 Å². The lowest BCUT2D eigenvalue weighted by Crippen LogP contribution is -2.40. The highest BCUT2D eigenvalue weighted by atomic mass is 32.2. The average molecular weight is 522 g/mol. The van der Waals surface area contributed by atoms with Crippen molar-refractivity contribution in [2.24, 2.45) is 0 Å². The van der Waals surface area contributed by atoms with E-state index in [-0.39, 0.29) is 23.3 Å². The van der Waals surface area contributed by atoms with Crippen LogP contribution in [-0.4, -0.2) is 43.0 Å². The molecule has 35 heavy (non-hydrogen) atoms. The van der Waals surface area contributed by atoms with E-state index in [1.54, 1.807) is 19.1 Å². The highest BCUT2D eigenvalue weighted by molar-refractivity contribution is 7.91. The second-order valence-electron chi connectivity index (χ2n) is 8.65. The monoisotopic (exact) mass is 521 g/mol. The second-order valence-corrected chi connectivity index (χ2v) is 11.8. The van der Waals surface area contributed by atoms with E-state index in [1.165, 1.54) is 16.4 Å². The number of aliphatic carboxylic acids is 1. The summed E-state index contributed by atoms with van der Waals surface area (Å²) in [5.74, 6) is -0.612. The number of fused-ring (bicyclic) bond motifs is 1. The fourth-order valence-electron chi connectivity index (χ4n) is 4.03. The number of carboxylic acids is 1. The summed E-state index contributed by atoms with van der Waals surface area (Å²) in [6, 6.07) is 9.87. The molecule has 1 heterocycles. The first-order chi connectivity index (χ1) is 16.6. The summed E-state index contributed by atoms with van der Waals surface area (Å²) in [7, 11) is -3.80. The molecule has 0 saturated heterocycles. The van der Waals surface area contributed by atoms with E-state index in [4.69, 9.17) is 9.84 Å². The lowest BCUT2D eigenvalue weighted by molar-refractivity contribution is -0.136. The van der Waals surface area contributed by atoms with Crippen molar-refractivity contribution in [1.82, 2.24) is 4.31 Å². The topological polar surface area (TPSA) is 83.9 Å². The summed E-state index contributed by atoms with van der Waals surface area (Å²) in [6.45, 7) is 8.04. The first-order valence-corrected chi connectivity index (χ1v) is 14.0. The molecule has 0 aliphatic rings. The van der Waals surface area contributed by atoms with Crippen molar-refractivity contribution in [3.05, 3.63) is 58.9 Å². The largest absolute Gasteiger partial charge is 0.489 e. The summed E-state index contributed by atoms with van der Waals surface area (Å²) in [5, 5.41) is 9.54. The van der Waals surface area contributed by atoms with Crippen LogP contribution in [0.5, 0.6) is 5.75 Å². The van der Waals surface area contributed by atoms with Gasteiger partial charge < -0.3 is 9.84 Å². The smallest absolute Gasteiger partial charge is 0.303 e. The number of halogens is 1. The van der Waals surface area contributed by atoms with E-state index in [1.807, 2.05) is 32.9 Å². The number of aryl methyl sites for hydroxylation is 3. The normalized spacial score (nSPS) is 12.9. The van der Waals surface area contributed by atoms with Crippen LogP contribution >= 0.6 is 11.3 Å². The molecule has 0 aliphatic carbocycles. The minimum atomic E-state index is -3.80. The molecule has 1 N–H and O–H groups in total. The van der Waals surface area contributed by atoms with Crippen molar-refractivity contribution < 1.29 is 27.4 Å². The van der Waals surface area contributed by atoms with Crippen LogP contribution in [-0.2, 0) is 21.2 Å². The molecule has 0 spiro atoms. The van der Waals surface area contributed by atoms with E-state index >= 15 is 0 Å². The number of thiophene rings is 1. The minimum Gasteiger partial charge on any atom is -0.489 e.